The number of rotatable bonds is 2. The number of nitrogens with one attached hydrogen (secondary N) is 1. The van der Waals surface area contributed by atoms with Gasteiger partial charge in [0.25, 0.3) is 5.91 Å². The third kappa shape index (κ3) is 3.30. The molecule has 3 atom stereocenters. The summed E-state index contributed by atoms with van der Waals surface area (Å²) in [6.07, 6.45) is 2.28. The Kier molecular flexibility index (Phi) is 4.77. The average Bonchev–Trinajstić information content (AvgIpc) is 2.92. The van der Waals surface area contributed by atoms with Crippen LogP contribution >= 0.6 is 34.8 Å². The summed E-state index contributed by atoms with van der Waals surface area (Å²) in [7, 11) is 1.77. The molecule has 1 aliphatic carbocycles. The van der Waals surface area contributed by atoms with Gasteiger partial charge in [0.05, 0.1) is 15.6 Å². The van der Waals surface area contributed by atoms with E-state index in [4.69, 9.17) is 34.8 Å². The lowest BCUT2D eigenvalue weighted by Gasteiger charge is -2.25. The van der Waals surface area contributed by atoms with E-state index in [1.807, 2.05) is 0 Å². The van der Waals surface area contributed by atoms with Gasteiger partial charge in [0, 0.05) is 31.1 Å². The molecule has 1 heterocycles. The van der Waals surface area contributed by atoms with Crippen molar-refractivity contribution in [1.82, 2.24) is 10.2 Å². The van der Waals surface area contributed by atoms with Gasteiger partial charge in [-0.2, -0.15) is 0 Å². The van der Waals surface area contributed by atoms with Crippen molar-refractivity contribution in [3.05, 3.63) is 32.8 Å². The van der Waals surface area contributed by atoms with E-state index in [0.717, 1.165) is 12.8 Å². The molecule has 0 radical (unpaired) electrons. The van der Waals surface area contributed by atoms with Crippen LogP contribution in [0.5, 0.6) is 0 Å². The number of nitrogens with zero attached hydrogens (tertiary/aromatic N) is 1. The maximum Gasteiger partial charge on any atom is 0.255 e. The Labute approximate surface area is 150 Å². The molecule has 2 fully saturated rings. The van der Waals surface area contributed by atoms with Crippen LogP contribution in [0.4, 0.5) is 0 Å². The van der Waals surface area contributed by atoms with Crippen molar-refractivity contribution in [2.24, 2.45) is 11.8 Å². The quantitative estimate of drug-likeness (QED) is 0.802. The highest BCUT2D eigenvalue weighted by Gasteiger charge is 2.41. The van der Waals surface area contributed by atoms with E-state index in [2.05, 4.69) is 5.32 Å². The molecule has 23 heavy (non-hydrogen) atoms. The van der Waals surface area contributed by atoms with Crippen LogP contribution in [0.2, 0.25) is 15.1 Å². The van der Waals surface area contributed by atoms with Crippen molar-refractivity contribution in [3.8, 4) is 0 Å². The molecule has 2 amide bonds. The highest BCUT2D eigenvalue weighted by atomic mass is 35.5. The summed E-state index contributed by atoms with van der Waals surface area (Å²) in [6, 6.07) is 3.16. The van der Waals surface area contributed by atoms with Gasteiger partial charge < -0.3 is 10.2 Å². The van der Waals surface area contributed by atoms with Crippen molar-refractivity contribution in [2.45, 2.75) is 25.3 Å². The van der Waals surface area contributed by atoms with Crippen LogP contribution in [0.15, 0.2) is 12.1 Å². The number of halogens is 3. The largest absolute Gasteiger partial charge is 0.356 e. The Bertz CT molecular complexity index is 665. The van der Waals surface area contributed by atoms with Gasteiger partial charge in [0.2, 0.25) is 5.91 Å². The summed E-state index contributed by atoms with van der Waals surface area (Å²) in [6.45, 7) is 0.700. The molecular weight excluding hydrogens is 359 g/mol. The smallest absolute Gasteiger partial charge is 0.255 e. The van der Waals surface area contributed by atoms with Crippen molar-refractivity contribution in [1.29, 1.82) is 0 Å². The third-order valence-corrected chi connectivity index (χ3v) is 5.94. The molecule has 0 unspecified atom stereocenters. The number of fused-ring (bicyclic) bond motifs is 1. The molecule has 1 N–H and O–H groups in total. The fourth-order valence-corrected chi connectivity index (χ4v) is 4.30. The topological polar surface area (TPSA) is 49.4 Å². The van der Waals surface area contributed by atoms with Crippen LogP contribution in [0.3, 0.4) is 0 Å². The van der Waals surface area contributed by atoms with Crippen molar-refractivity contribution in [3.63, 3.8) is 0 Å². The average molecular weight is 376 g/mol. The normalized spacial score (nSPS) is 26.6. The van der Waals surface area contributed by atoms with Gasteiger partial charge >= 0.3 is 0 Å². The van der Waals surface area contributed by atoms with Gasteiger partial charge in [-0.05, 0) is 36.8 Å². The minimum atomic E-state index is -0.192. The fraction of sp³-hybridized carbons (Fsp3) is 0.500. The Morgan fingerprint density at radius 3 is 2.65 bits per heavy atom. The second-order valence-corrected chi connectivity index (χ2v) is 7.54. The van der Waals surface area contributed by atoms with Crippen LogP contribution in [-0.4, -0.2) is 36.3 Å². The lowest BCUT2D eigenvalue weighted by atomic mass is 9.89. The van der Waals surface area contributed by atoms with Crippen molar-refractivity contribution >= 4 is 46.6 Å². The number of hydrogen-bond donors (Lipinski definition) is 1. The summed E-state index contributed by atoms with van der Waals surface area (Å²) >= 11 is 18.2. The molecule has 1 aliphatic heterocycles. The zero-order valence-electron chi connectivity index (χ0n) is 12.6. The summed E-state index contributed by atoms with van der Waals surface area (Å²) in [5.41, 5.74) is 0.315. The standard InChI is InChI=1S/C16H17Cl3N2O2/c1-21(11-2-8-4-14(22)20-7-9(8)3-11)16(23)12-5-10(17)6-13(18)15(12)19/h5-6,8-9,11H,2-4,7H2,1H3,(H,20,22)/t8-,9+,11-/m1/s1. The summed E-state index contributed by atoms with van der Waals surface area (Å²) in [5, 5.41) is 3.77. The molecule has 4 nitrogen and oxygen atoms in total. The second-order valence-electron chi connectivity index (χ2n) is 6.32. The fourth-order valence-electron chi connectivity index (χ4n) is 3.62. The van der Waals surface area contributed by atoms with E-state index < -0.39 is 0 Å². The molecule has 0 spiro atoms. The predicted octanol–water partition coefficient (Wildman–Crippen LogP) is 3.63. The molecule has 1 aromatic rings. The second kappa shape index (κ2) is 6.50. The zero-order valence-corrected chi connectivity index (χ0v) is 14.9. The van der Waals surface area contributed by atoms with Crippen molar-refractivity contribution in [2.75, 3.05) is 13.6 Å². The summed E-state index contributed by atoms with van der Waals surface area (Å²) in [4.78, 5) is 26.0. The SMILES string of the molecule is CN(C(=O)c1cc(Cl)cc(Cl)c1Cl)[C@H]1C[C@H]2CNC(=O)C[C@H]2C1. The number of carbonyl (C=O) groups is 2. The van der Waals surface area contributed by atoms with Crippen LogP contribution in [-0.2, 0) is 4.79 Å². The van der Waals surface area contributed by atoms with E-state index in [1.54, 1.807) is 18.0 Å². The highest BCUT2D eigenvalue weighted by molar-refractivity contribution is 6.45. The van der Waals surface area contributed by atoms with E-state index in [1.165, 1.54) is 6.07 Å². The third-order valence-electron chi connectivity index (χ3n) is 4.92. The number of benzene rings is 1. The molecule has 1 saturated carbocycles. The maximum absolute atomic E-state index is 12.8. The first-order valence-corrected chi connectivity index (χ1v) is 8.68. The molecular formula is C16H17Cl3N2O2. The summed E-state index contributed by atoms with van der Waals surface area (Å²) in [5.74, 6) is 0.696. The molecule has 7 heteroatoms. The number of amides is 2. The Morgan fingerprint density at radius 1 is 1.22 bits per heavy atom. The monoisotopic (exact) mass is 374 g/mol. The molecule has 124 valence electrons. The van der Waals surface area contributed by atoms with E-state index >= 15 is 0 Å². The first-order valence-electron chi connectivity index (χ1n) is 7.55. The van der Waals surface area contributed by atoms with Crippen LogP contribution < -0.4 is 5.32 Å². The van der Waals surface area contributed by atoms with Gasteiger partial charge in [-0.25, -0.2) is 0 Å². The van der Waals surface area contributed by atoms with Crippen LogP contribution in [0, 0.1) is 11.8 Å². The minimum absolute atomic E-state index is 0.0963. The Morgan fingerprint density at radius 2 is 1.91 bits per heavy atom. The van der Waals surface area contributed by atoms with Gasteiger partial charge in [0.15, 0.2) is 0 Å². The maximum atomic E-state index is 12.8. The first kappa shape index (κ1) is 16.9. The predicted molar refractivity (Wildman–Crippen MR) is 91.2 cm³/mol. The Balaban J connectivity index is 1.77. The van der Waals surface area contributed by atoms with E-state index in [9.17, 15) is 9.59 Å². The molecule has 0 aromatic heterocycles. The van der Waals surface area contributed by atoms with Gasteiger partial charge in [-0.15, -0.1) is 0 Å². The van der Waals surface area contributed by atoms with Gasteiger partial charge in [-0.3, -0.25) is 9.59 Å². The Hall–Kier alpha value is -0.970. The highest BCUT2D eigenvalue weighted by Crippen LogP contribution is 2.39. The first-order chi connectivity index (χ1) is 10.9. The molecule has 2 aliphatic rings. The molecule has 1 saturated heterocycles. The minimum Gasteiger partial charge on any atom is -0.356 e. The lowest BCUT2D eigenvalue weighted by molar-refractivity contribution is -0.124. The molecule has 0 bridgehead atoms. The van der Waals surface area contributed by atoms with Gasteiger partial charge in [0.1, 0.15) is 0 Å². The van der Waals surface area contributed by atoms with Gasteiger partial charge in [-0.1, -0.05) is 34.8 Å². The van der Waals surface area contributed by atoms with Crippen LogP contribution in [0.25, 0.3) is 0 Å². The molecule has 1 aromatic carbocycles. The van der Waals surface area contributed by atoms with E-state index in [0.29, 0.717) is 35.4 Å². The summed E-state index contributed by atoms with van der Waals surface area (Å²) < 4.78 is 0. The lowest BCUT2D eigenvalue weighted by Crippen LogP contribution is -2.38. The van der Waals surface area contributed by atoms with Crippen LogP contribution in [0.1, 0.15) is 29.6 Å². The van der Waals surface area contributed by atoms with E-state index in [-0.39, 0.29) is 27.9 Å². The molecule has 3 rings (SSSR count). The number of carbonyl (C=O) groups excluding carboxylic acids is 2. The van der Waals surface area contributed by atoms with Crippen molar-refractivity contribution < 1.29 is 9.59 Å². The zero-order chi connectivity index (χ0) is 16.7. The number of piperidine rings is 1. The number of hydrogen-bond acceptors (Lipinski definition) is 2.